The Bertz CT molecular complexity index is 1370. The molecule has 4 aromatic heterocycles. The number of hydrogen-bond acceptors (Lipinski definition) is 5. The highest BCUT2D eigenvalue weighted by atomic mass is 19.4. The molecule has 0 fully saturated rings. The Kier molecular flexibility index (Phi) is 4.62. The number of aryl methyl sites for hydroxylation is 3. The van der Waals surface area contributed by atoms with Gasteiger partial charge in [-0.2, -0.15) is 23.4 Å². The predicted molar refractivity (Wildman–Crippen MR) is 114 cm³/mol. The van der Waals surface area contributed by atoms with Crippen LogP contribution in [0, 0.1) is 13.8 Å². The number of hydrogen-bond donors (Lipinski definition) is 0. The third kappa shape index (κ3) is 3.30. The molecule has 0 saturated heterocycles. The van der Waals surface area contributed by atoms with Crippen molar-refractivity contribution < 1.29 is 22.4 Å². The molecule has 1 amide bonds. The molecule has 0 N–H and O–H groups in total. The first-order chi connectivity index (χ1) is 15.6. The van der Waals surface area contributed by atoms with Crippen LogP contribution >= 0.6 is 0 Å². The van der Waals surface area contributed by atoms with Crippen molar-refractivity contribution in [2.75, 3.05) is 4.90 Å². The maximum Gasteiger partial charge on any atom is 0.410 e. The van der Waals surface area contributed by atoms with Crippen molar-refractivity contribution in [3.05, 3.63) is 47.5 Å². The van der Waals surface area contributed by atoms with E-state index in [0.29, 0.717) is 39.4 Å². The average Bonchev–Trinajstić information content (AvgIpc) is 3.45. The maximum absolute atomic E-state index is 13.9. The average molecular weight is 458 g/mol. The second-order valence-electron chi connectivity index (χ2n) is 8.35. The summed E-state index contributed by atoms with van der Waals surface area (Å²) in [6, 6.07) is 4.04. The molecule has 0 bridgehead atoms. The van der Waals surface area contributed by atoms with Crippen LogP contribution in [0.25, 0.3) is 22.5 Å². The number of alkyl halides is 3. The van der Waals surface area contributed by atoms with E-state index in [2.05, 4.69) is 15.2 Å². The molecule has 0 radical (unpaired) electrons. The third-order valence-electron chi connectivity index (χ3n) is 5.95. The minimum atomic E-state index is -4.48. The predicted octanol–water partition coefficient (Wildman–Crippen LogP) is 4.58. The van der Waals surface area contributed by atoms with E-state index in [1.165, 1.54) is 17.2 Å². The molecule has 0 saturated carbocycles. The number of carbonyl (C=O) groups is 1. The van der Waals surface area contributed by atoms with Gasteiger partial charge in [0.2, 0.25) is 0 Å². The number of carbonyl (C=O) groups excluding carboxylic acids is 1. The molecule has 2 atom stereocenters. The quantitative estimate of drug-likeness (QED) is 0.439. The van der Waals surface area contributed by atoms with Gasteiger partial charge in [0.1, 0.15) is 11.5 Å². The Morgan fingerprint density at radius 2 is 1.97 bits per heavy atom. The molecule has 5 rings (SSSR count). The van der Waals surface area contributed by atoms with Crippen LogP contribution in [0.15, 0.2) is 34.9 Å². The highest BCUT2D eigenvalue weighted by molar-refractivity contribution is 6.14. The lowest BCUT2D eigenvalue weighted by molar-refractivity contribution is -0.174. The van der Waals surface area contributed by atoms with Gasteiger partial charge in [0.25, 0.3) is 5.91 Å². The largest absolute Gasteiger partial charge is 0.463 e. The standard InChI is InChI=1S/C22H21F3N6O2/c1-11-8-18-30(12(2)9-17(22(23,24)25)31(18)27-11)21(32)14-10-15(16-6-5-7-33-16)26-20-19(14)13(3)28-29(20)4/h5-8,10,12,17H,9H2,1-4H3/t12-,17-/m1/s1. The molecule has 5 heterocycles. The lowest BCUT2D eigenvalue weighted by atomic mass is 10.0. The van der Waals surface area contributed by atoms with Crippen LogP contribution in [0.4, 0.5) is 19.0 Å². The smallest absolute Gasteiger partial charge is 0.410 e. The fourth-order valence-electron chi connectivity index (χ4n) is 4.54. The second-order valence-corrected chi connectivity index (χ2v) is 8.35. The van der Waals surface area contributed by atoms with E-state index in [0.717, 1.165) is 4.68 Å². The first-order valence-electron chi connectivity index (χ1n) is 10.4. The van der Waals surface area contributed by atoms with Gasteiger partial charge in [0.15, 0.2) is 17.4 Å². The minimum Gasteiger partial charge on any atom is -0.463 e. The summed E-state index contributed by atoms with van der Waals surface area (Å²) in [7, 11) is 1.72. The molecule has 0 spiro atoms. The van der Waals surface area contributed by atoms with E-state index in [9.17, 15) is 18.0 Å². The number of rotatable bonds is 2. The third-order valence-corrected chi connectivity index (χ3v) is 5.95. The Labute approximate surface area is 186 Å². The normalized spacial score (nSPS) is 18.7. The summed E-state index contributed by atoms with van der Waals surface area (Å²) in [5.41, 5.74) is 2.20. The zero-order chi connectivity index (χ0) is 23.7. The van der Waals surface area contributed by atoms with Crippen LogP contribution in [0.5, 0.6) is 0 Å². The summed E-state index contributed by atoms with van der Waals surface area (Å²) in [4.78, 5) is 19.9. The maximum atomic E-state index is 13.9. The van der Waals surface area contributed by atoms with E-state index >= 15 is 0 Å². The first-order valence-corrected chi connectivity index (χ1v) is 10.4. The topological polar surface area (TPSA) is 82.0 Å². The monoisotopic (exact) mass is 458 g/mol. The minimum absolute atomic E-state index is 0.115. The molecule has 4 aromatic rings. The Balaban J connectivity index is 1.70. The fraction of sp³-hybridized carbons (Fsp3) is 0.364. The number of halogens is 3. The number of amides is 1. The molecular weight excluding hydrogens is 437 g/mol. The van der Waals surface area contributed by atoms with Crippen LogP contribution in [-0.2, 0) is 7.05 Å². The van der Waals surface area contributed by atoms with Gasteiger partial charge in [-0.25, -0.2) is 9.67 Å². The van der Waals surface area contributed by atoms with Gasteiger partial charge in [-0.05, 0) is 45.4 Å². The van der Waals surface area contributed by atoms with Crippen molar-refractivity contribution in [3.63, 3.8) is 0 Å². The van der Waals surface area contributed by atoms with Gasteiger partial charge >= 0.3 is 6.18 Å². The van der Waals surface area contributed by atoms with Crippen LogP contribution in [0.3, 0.4) is 0 Å². The fourth-order valence-corrected chi connectivity index (χ4v) is 4.54. The second kappa shape index (κ2) is 7.19. The van der Waals surface area contributed by atoms with E-state index < -0.39 is 24.2 Å². The van der Waals surface area contributed by atoms with Gasteiger partial charge in [-0.1, -0.05) is 0 Å². The summed E-state index contributed by atoms with van der Waals surface area (Å²) in [5, 5.41) is 9.01. The molecule has 11 heteroatoms. The van der Waals surface area contributed by atoms with Gasteiger partial charge in [-0.3, -0.25) is 14.4 Å². The van der Waals surface area contributed by atoms with Crippen molar-refractivity contribution in [2.24, 2.45) is 7.05 Å². The first kappa shape index (κ1) is 21.2. The molecule has 33 heavy (non-hydrogen) atoms. The van der Waals surface area contributed by atoms with Crippen LogP contribution in [-0.4, -0.2) is 42.7 Å². The highest BCUT2D eigenvalue weighted by Gasteiger charge is 2.48. The Morgan fingerprint density at radius 1 is 1.21 bits per heavy atom. The lowest BCUT2D eigenvalue weighted by Gasteiger charge is -2.38. The zero-order valence-electron chi connectivity index (χ0n) is 18.4. The van der Waals surface area contributed by atoms with Crippen molar-refractivity contribution in [1.82, 2.24) is 24.5 Å². The van der Waals surface area contributed by atoms with Crippen LogP contribution in [0.2, 0.25) is 0 Å². The Morgan fingerprint density at radius 3 is 2.64 bits per heavy atom. The summed E-state index contributed by atoms with van der Waals surface area (Å²) < 4.78 is 49.2. The van der Waals surface area contributed by atoms with Crippen molar-refractivity contribution in [1.29, 1.82) is 0 Å². The molecule has 0 aromatic carbocycles. The van der Waals surface area contributed by atoms with Crippen LogP contribution < -0.4 is 4.90 Å². The van der Waals surface area contributed by atoms with Crippen LogP contribution in [0.1, 0.15) is 41.1 Å². The number of nitrogens with zero attached hydrogens (tertiary/aromatic N) is 6. The Hall–Kier alpha value is -3.63. The van der Waals surface area contributed by atoms with E-state index in [1.54, 1.807) is 50.7 Å². The molecule has 1 aliphatic heterocycles. The number of aromatic nitrogens is 5. The summed E-state index contributed by atoms with van der Waals surface area (Å²) >= 11 is 0. The number of fused-ring (bicyclic) bond motifs is 2. The summed E-state index contributed by atoms with van der Waals surface area (Å²) in [5.74, 6) is 0.139. The van der Waals surface area contributed by atoms with Crippen molar-refractivity contribution >= 4 is 22.8 Å². The van der Waals surface area contributed by atoms with Crippen molar-refractivity contribution in [3.8, 4) is 11.5 Å². The molecule has 8 nitrogen and oxygen atoms in total. The zero-order valence-corrected chi connectivity index (χ0v) is 18.4. The number of furan rings is 1. The summed E-state index contributed by atoms with van der Waals surface area (Å²) in [6.07, 6.45) is -3.27. The number of pyridine rings is 1. The van der Waals surface area contributed by atoms with Gasteiger partial charge in [-0.15, -0.1) is 0 Å². The lowest BCUT2D eigenvalue weighted by Crippen LogP contribution is -2.48. The van der Waals surface area contributed by atoms with E-state index in [1.807, 2.05) is 0 Å². The van der Waals surface area contributed by atoms with E-state index in [4.69, 9.17) is 4.42 Å². The molecular formula is C22H21F3N6O2. The summed E-state index contributed by atoms with van der Waals surface area (Å²) in [6.45, 7) is 4.99. The molecule has 172 valence electrons. The molecule has 1 aliphatic rings. The van der Waals surface area contributed by atoms with Gasteiger partial charge in [0.05, 0.1) is 28.6 Å². The van der Waals surface area contributed by atoms with E-state index in [-0.39, 0.29) is 12.2 Å². The molecule has 0 unspecified atom stereocenters. The van der Waals surface area contributed by atoms with Gasteiger partial charge in [0, 0.05) is 19.2 Å². The molecule has 0 aliphatic carbocycles. The SMILES string of the molecule is Cc1cc2n(n1)[C@@H](C(F)(F)F)C[C@@H](C)N2C(=O)c1cc(-c2ccco2)nc2c1c(C)nn2C. The van der Waals surface area contributed by atoms with Gasteiger partial charge < -0.3 is 4.42 Å². The number of anilines is 1. The highest BCUT2D eigenvalue weighted by Crippen LogP contribution is 2.43. The van der Waals surface area contributed by atoms with Crippen molar-refractivity contribution in [2.45, 2.75) is 45.5 Å².